The lowest BCUT2D eigenvalue weighted by Gasteiger charge is -2.07. The van der Waals surface area contributed by atoms with Gasteiger partial charge in [0.05, 0.1) is 12.2 Å². The minimum Gasteiger partial charge on any atom is -0.462 e. The highest BCUT2D eigenvalue weighted by atomic mass is 32.3. The van der Waals surface area contributed by atoms with E-state index in [9.17, 15) is 13.2 Å². The van der Waals surface area contributed by atoms with Gasteiger partial charge in [0.25, 0.3) is 0 Å². The van der Waals surface area contributed by atoms with E-state index in [0.29, 0.717) is 12.2 Å². The summed E-state index contributed by atoms with van der Waals surface area (Å²) in [6, 6.07) is 8.93. The van der Waals surface area contributed by atoms with Crippen LogP contribution in [0, 0.1) is 0 Å². The lowest BCUT2D eigenvalue weighted by molar-refractivity contribution is 0.0500. The molecule has 1 aromatic carbocycles. The van der Waals surface area contributed by atoms with Crippen LogP contribution in [0.4, 0.5) is 0 Å². The van der Waals surface area contributed by atoms with E-state index in [4.69, 9.17) is 8.92 Å². The van der Waals surface area contributed by atoms with Crippen molar-refractivity contribution in [3.63, 3.8) is 0 Å². The molecule has 0 saturated heterocycles. The number of ether oxygens (including phenoxy) is 1. The predicted octanol–water partition coefficient (Wildman–Crippen LogP) is 3.47. The molecule has 0 aliphatic carbocycles. The van der Waals surface area contributed by atoms with Crippen LogP contribution in [-0.4, -0.2) is 21.0 Å². The molecule has 5 nitrogen and oxygen atoms in total. The summed E-state index contributed by atoms with van der Waals surface area (Å²) in [7, 11) is -3.82. The molecule has 0 aliphatic rings. The summed E-state index contributed by atoms with van der Waals surface area (Å²) in [5, 5.41) is 1.66. The summed E-state index contributed by atoms with van der Waals surface area (Å²) >= 11 is 1.08. The van der Waals surface area contributed by atoms with Crippen molar-refractivity contribution in [2.45, 2.75) is 24.0 Å². The van der Waals surface area contributed by atoms with Gasteiger partial charge in [-0.15, -0.1) is 11.3 Å². The first kappa shape index (κ1) is 16.5. The standard InChI is InChI=1S/C15H16O5S2/c1-2-3-10-19-15(16)12-6-8-13(9-7-12)20-22(17,18)14-5-4-11-21-14/h4-9,11H,2-3,10H2,1H3. The molecular weight excluding hydrogens is 324 g/mol. The highest BCUT2D eigenvalue weighted by molar-refractivity contribution is 7.89. The van der Waals surface area contributed by atoms with Gasteiger partial charge in [0.2, 0.25) is 0 Å². The SMILES string of the molecule is CCCCOC(=O)c1ccc(OS(=O)(=O)c2cccs2)cc1. The Morgan fingerprint density at radius 3 is 2.50 bits per heavy atom. The zero-order chi connectivity index (χ0) is 16.0. The van der Waals surface area contributed by atoms with Crippen LogP contribution in [-0.2, 0) is 14.9 Å². The molecule has 0 aliphatic heterocycles. The molecule has 7 heteroatoms. The van der Waals surface area contributed by atoms with Crippen LogP contribution in [0.3, 0.4) is 0 Å². The van der Waals surface area contributed by atoms with E-state index >= 15 is 0 Å². The predicted molar refractivity (Wildman–Crippen MR) is 83.8 cm³/mol. The van der Waals surface area contributed by atoms with Gasteiger partial charge in [0, 0.05) is 0 Å². The van der Waals surface area contributed by atoms with Crippen molar-refractivity contribution in [3.05, 3.63) is 47.3 Å². The fraction of sp³-hybridized carbons (Fsp3) is 0.267. The number of hydrogen-bond donors (Lipinski definition) is 0. The Bertz CT molecular complexity index is 703. The summed E-state index contributed by atoms with van der Waals surface area (Å²) in [5.74, 6) is -0.278. The summed E-state index contributed by atoms with van der Waals surface area (Å²) in [6.45, 7) is 2.38. The second-order valence-corrected chi connectivity index (χ2v) is 7.20. The first-order valence-electron chi connectivity index (χ1n) is 6.78. The van der Waals surface area contributed by atoms with Crippen LogP contribution in [0.25, 0.3) is 0 Å². The maximum Gasteiger partial charge on any atom is 0.348 e. The number of esters is 1. The smallest absolute Gasteiger partial charge is 0.348 e. The van der Waals surface area contributed by atoms with Gasteiger partial charge in [0.15, 0.2) is 4.21 Å². The molecule has 1 heterocycles. The average molecular weight is 340 g/mol. The first-order chi connectivity index (χ1) is 10.5. The van der Waals surface area contributed by atoms with Crippen molar-refractivity contribution < 1.29 is 22.1 Å². The minimum absolute atomic E-state index is 0.135. The van der Waals surface area contributed by atoms with E-state index in [0.717, 1.165) is 24.2 Å². The molecule has 0 unspecified atom stereocenters. The third-order valence-electron chi connectivity index (χ3n) is 2.77. The first-order valence-corrected chi connectivity index (χ1v) is 9.07. The molecule has 0 spiro atoms. The molecule has 0 atom stereocenters. The second kappa shape index (κ2) is 7.42. The maximum absolute atomic E-state index is 12.0. The Kier molecular flexibility index (Phi) is 5.57. The number of hydrogen-bond acceptors (Lipinski definition) is 6. The molecule has 0 bridgehead atoms. The highest BCUT2D eigenvalue weighted by Crippen LogP contribution is 2.22. The molecule has 1 aromatic heterocycles. The molecule has 0 radical (unpaired) electrons. The van der Waals surface area contributed by atoms with E-state index in [1.165, 1.54) is 30.3 Å². The van der Waals surface area contributed by atoms with Crippen LogP contribution in [0.2, 0.25) is 0 Å². The van der Waals surface area contributed by atoms with Crippen molar-refractivity contribution in [2.24, 2.45) is 0 Å². The molecule has 2 aromatic rings. The number of carbonyl (C=O) groups is 1. The van der Waals surface area contributed by atoms with Gasteiger partial charge < -0.3 is 8.92 Å². The molecule has 118 valence electrons. The quantitative estimate of drug-likeness (QED) is 0.438. The number of rotatable bonds is 7. The largest absolute Gasteiger partial charge is 0.462 e. The Morgan fingerprint density at radius 2 is 1.91 bits per heavy atom. The monoisotopic (exact) mass is 340 g/mol. The third kappa shape index (κ3) is 4.32. The molecular formula is C15H16O5S2. The zero-order valence-corrected chi connectivity index (χ0v) is 13.7. The van der Waals surface area contributed by atoms with E-state index in [2.05, 4.69) is 0 Å². The van der Waals surface area contributed by atoms with Crippen LogP contribution < -0.4 is 4.18 Å². The second-order valence-electron chi connectivity index (χ2n) is 4.48. The van der Waals surface area contributed by atoms with Gasteiger partial charge in [0.1, 0.15) is 5.75 Å². The topological polar surface area (TPSA) is 69.7 Å². The van der Waals surface area contributed by atoms with Crippen LogP contribution in [0.5, 0.6) is 5.75 Å². The molecule has 0 fully saturated rings. The lowest BCUT2D eigenvalue weighted by Crippen LogP contribution is -2.09. The Balaban J connectivity index is 2.02. The van der Waals surface area contributed by atoms with E-state index in [1.54, 1.807) is 11.4 Å². The Morgan fingerprint density at radius 1 is 1.18 bits per heavy atom. The fourth-order valence-electron chi connectivity index (χ4n) is 1.61. The van der Waals surface area contributed by atoms with Gasteiger partial charge in [-0.2, -0.15) is 8.42 Å². The van der Waals surface area contributed by atoms with Crippen LogP contribution in [0.15, 0.2) is 46.0 Å². The number of benzene rings is 1. The number of unbranched alkanes of at least 4 members (excludes halogenated alkanes) is 1. The number of carbonyl (C=O) groups excluding carboxylic acids is 1. The van der Waals surface area contributed by atoms with Crippen LogP contribution in [0.1, 0.15) is 30.1 Å². The minimum atomic E-state index is -3.82. The normalized spacial score (nSPS) is 11.1. The fourth-order valence-corrected chi connectivity index (χ4v) is 3.49. The van der Waals surface area contributed by atoms with Crippen molar-refractivity contribution in [3.8, 4) is 5.75 Å². The summed E-state index contributed by atoms with van der Waals surface area (Å²) in [5.41, 5.74) is 0.358. The van der Waals surface area contributed by atoms with Crippen molar-refractivity contribution >= 4 is 27.4 Å². The summed E-state index contributed by atoms with van der Waals surface area (Å²) in [6.07, 6.45) is 1.76. The highest BCUT2D eigenvalue weighted by Gasteiger charge is 2.18. The lowest BCUT2D eigenvalue weighted by atomic mass is 10.2. The zero-order valence-electron chi connectivity index (χ0n) is 12.0. The van der Waals surface area contributed by atoms with Crippen LogP contribution >= 0.6 is 11.3 Å². The van der Waals surface area contributed by atoms with Gasteiger partial charge in [-0.1, -0.05) is 19.4 Å². The molecule has 0 N–H and O–H groups in total. The van der Waals surface area contributed by atoms with E-state index in [-0.39, 0.29) is 9.96 Å². The summed E-state index contributed by atoms with van der Waals surface area (Å²) < 4.78 is 34.1. The molecule has 22 heavy (non-hydrogen) atoms. The van der Waals surface area contributed by atoms with Crippen molar-refractivity contribution in [1.29, 1.82) is 0 Å². The number of thiophene rings is 1. The molecule has 0 amide bonds. The van der Waals surface area contributed by atoms with Gasteiger partial charge in [-0.05, 0) is 42.1 Å². The van der Waals surface area contributed by atoms with Crippen molar-refractivity contribution in [1.82, 2.24) is 0 Å². The van der Waals surface area contributed by atoms with E-state index in [1.807, 2.05) is 6.92 Å². The maximum atomic E-state index is 12.0. The van der Waals surface area contributed by atoms with E-state index < -0.39 is 16.1 Å². The average Bonchev–Trinajstić information content (AvgIpc) is 3.03. The molecule has 0 saturated carbocycles. The van der Waals surface area contributed by atoms with Crippen molar-refractivity contribution in [2.75, 3.05) is 6.61 Å². The van der Waals surface area contributed by atoms with Gasteiger partial charge in [-0.25, -0.2) is 4.79 Å². The van der Waals surface area contributed by atoms with Gasteiger partial charge in [-0.3, -0.25) is 0 Å². The third-order valence-corrected chi connectivity index (χ3v) is 5.37. The Hall–Kier alpha value is -1.86. The van der Waals surface area contributed by atoms with Gasteiger partial charge >= 0.3 is 16.1 Å². The Labute approximate surface area is 133 Å². The summed E-state index contributed by atoms with van der Waals surface area (Å²) in [4.78, 5) is 11.7. The molecule has 2 rings (SSSR count).